The minimum atomic E-state index is -0.550. The number of pyridine rings is 1. The highest BCUT2D eigenvalue weighted by Gasteiger charge is 2.13. The third kappa shape index (κ3) is 5.36. The second-order valence-corrected chi connectivity index (χ2v) is 6.25. The number of hydrazine groups is 1. The lowest BCUT2D eigenvalue weighted by molar-refractivity contribution is 0.0846. The van der Waals surface area contributed by atoms with Gasteiger partial charge in [-0.25, -0.2) is 0 Å². The van der Waals surface area contributed by atoms with Crippen LogP contribution < -0.4 is 25.6 Å². The van der Waals surface area contributed by atoms with Gasteiger partial charge in [0.15, 0.2) is 11.5 Å². The summed E-state index contributed by atoms with van der Waals surface area (Å²) in [7, 11) is 2.95. The molecule has 0 spiro atoms. The van der Waals surface area contributed by atoms with Gasteiger partial charge in [-0.05, 0) is 48.5 Å². The smallest absolute Gasteiger partial charge is 0.269 e. The van der Waals surface area contributed by atoms with Crippen molar-refractivity contribution in [2.75, 3.05) is 19.5 Å². The molecule has 158 valence electrons. The van der Waals surface area contributed by atoms with E-state index in [-0.39, 0.29) is 17.0 Å². The second kappa shape index (κ2) is 9.88. The summed E-state index contributed by atoms with van der Waals surface area (Å²) >= 11 is 0. The minimum Gasteiger partial charge on any atom is -0.493 e. The van der Waals surface area contributed by atoms with Gasteiger partial charge in [0.25, 0.3) is 17.7 Å². The maximum absolute atomic E-state index is 12.4. The number of amides is 3. The maximum atomic E-state index is 12.4. The molecule has 0 unspecified atom stereocenters. The van der Waals surface area contributed by atoms with Gasteiger partial charge in [0, 0.05) is 29.2 Å². The standard InChI is InChI=1S/C22H20N4O5/c1-30-18-9-8-15(12-19(18)31-2)22(29)26-25-21(28)14-5-3-7-17(11-14)24-20(27)16-6-4-10-23-13-16/h3-13H,1-2H3,(H,24,27)(H,25,28)(H,26,29). The van der Waals surface area contributed by atoms with E-state index in [4.69, 9.17) is 9.47 Å². The quantitative estimate of drug-likeness (QED) is 0.527. The fourth-order valence-corrected chi connectivity index (χ4v) is 2.67. The van der Waals surface area contributed by atoms with Crippen LogP contribution in [0.3, 0.4) is 0 Å². The summed E-state index contributed by atoms with van der Waals surface area (Å²) in [6.45, 7) is 0. The van der Waals surface area contributed by atoms with Gasteiger partial charge >= 0.3 is 0 Å². The summed E-state index contributed by atoms with van der Waals surface area (Å²) in [4.78, 5) is 40.9. The number of ether oxygens (including phenoxy) is 2. The van der Waals surface area contributed by atoms with Crippen molar-refractivity contribution in [1.82, 2.24) is 15.8 Å². The molecule has 0 aliphatic heterocycles. The van der Waals surface area contributed by atoms with Crippen molar-refractivity contribution < 1.29 is 23.9 Å². The molecule has 0 aliphatic rings. The van der Waals surface area contributed by atoms with Gasteiger partial charge in [0.1, 0.15) is 0 Å². The summed E-state index contributed by atoms with van der Waals surface area (Å²) in [5.74, 6) is -0.569. The number of carbonyl (C=O) groups excluding carboxylic acids is 3. The van der Waals surface area contributed by atoms with E-state index in [2.05, 4.69) is 21.2 Å². The molecule has 1 aromatic heterocycles. The lowest BCUT2D eigenvalue weighted by atomic mass is 10.1. The minimum absolute atomic E-state index is 0.247. The molecule has 3 N–H and O–H groups in total. The molecule has 0 fully saturated rings. The van der Waals surface area contributed by atoms with Crippen LogP contribution in [0.4, 0.5) is 5.69 Å². The zero-order valence-corrected chi connectivity index (χ0v) is 16.8. The van der Waals surface area contributed by atoms with Crippen LogP contribution >= 0.6 is 0 Å². The van der Waals surface area contributed by atoms with E-state index in [1.165, 1.54) is 38.6 Å². The number of nitrogens with zero attached hydrogens (tertiary/aromatic N) is 1. The molecule has 2 aromatic carbocycles. The first-order chi connectivity index (χ1) is 15.0. The fraction of sp³-hybridized carbons (Fsp3) is 0.0909. The normalized spacial score (nSPS) is 10.0. The number of hydrogen-bond donors (Lipinski definition) is 3. The van der Waals surface area contributed by atoms with Gasteiger partial charge in [-0.15, -0.1) is 0 Å². The van der Waals surface area contributed by atoms with Gasteiger partial charge in [0.05, 0.1) is 19.8 Å². The molecular weight excluding hydrogens is 400 g/mol. The highest BCUT2D eigenvalue weighted by molar-refractivity contribution is 6.05. The SMILES string of the molecule is COc1ccc(C(=O)NNC(=O)c2cccc(NC(=O)c3cccnc3)c2)cc1OC. The lowest BCUT2D eigenvalue weighted by Gasteiger charge is -2.11. The van der Waals surface area contributed by atoms with Crippen LogP contribution in [0.5, 0.6) is 11.5 Å². The molecular formula is C22H20N4O5. The van der Waals surface area contributed by atoms with Gasteiger partial charge in [-0.2, -0.15) is 0 Å². The highest BCUT2D eigenvalue weighted by Crippen LogP contribution is 2.27. The van der Waals surface area contributed by atoms with Gasteiger partial charge in [-0.3, -0.25) is 30.2 Å². The van der Waals surface area contributed by atoms with Crippen LogP contribution in [-0.2, 0) is 0 Å². The van der Waals surface area contributed by atoms with Crippen LogP contribution in [0.15, 0.2) is 67.0 Å². The number of rotatable bonds is 6. The van der Waals surface area contributed by atoms with E-state index in [0.29, 0.717) is 22.7 Å². The molecule has 9 nitrogen and oxygen atoms in total. The highest BCUT2D eigenvalue weighted by atomic mass is 16.5. The van der Waals surface area contributed by atoms with Crippen molar-refractivity contribution >= 4 is 23.4 Å². The van der Waals surface area contributed by atoms with E-state index < -0.39 is 11.8 Å². The van der Waals surface area contributed by atoms with Crippen molar-refractivity contribution in [3.8, 4) is 11.5 Å². The monoisotopic (exact) mass is 420 g/mol. The third-order valence-corrected chi connectivity index (χ3v) is 4.24. The molecule has 31 heavy (non-hydrogen) atoms. The Hall–Kier alpha value is -4.40. The zero-order valence-electron chi connectivity index (χ0n) is 16.8. The largest absolute Gasteiger partial charge is 0.493 e. The number of nitrogens with one attached hydrogen (secondary N) is 3. The van der Waals surface area contributed by atoms with Crippen LogP contribution in [0.2, 0.25) is 0 Å². The Balaban J connectivity index is 1.62. The van der Waals surface area contributed by atoms with Crippen molar-refractivity contribution in [3.05, 3.63) is 83.7 Å². The first-order valence-corrected chi connectivity index (χ1v) is 9.16. The molecule has 3 rings (SSSR count). The topological polar surface area (TPSA) is 119 Å². The molecule has 0 atom stereocenters. The number of hydrogen-bond acceptors (Lipinski definition) is 6. The Morgan fingerprint density at radius 1 is 0.742 bits per heavy atom. The third-order valence-electron chi connectivity index (χ3n) is 4.24. The summed E-state index contributed by atoms with van der Waals surface area (Å²) in [5, 5.41) is 2.70. The van der Waals surface area contributed by atoms with E-state index in [0.717, 1.165) is 0 Å². The second-order valence-electron chi connectivity index (χ2n) is 6.25. The maximum Gasteiger partial charge on any atom is 0.269 e. The van der Waals surface area contributed by atoms with E-state index in [9.17, 15) is 14.4 Å². The predicted octanol–water partition coefficient (Wildman–Crippen LogP) is 2.43. The van der Waals surface area contributed by atoms with E-state index in [1.54, 1.807) is 42.6 Å². The van der Waals surface area contributed by atoms with Crippen LogP contribution in [0, 0.1) is 0 Å². The number of anilines is 1. The average Bonchev–Trinajstić information content (AvgIpc) is 2.82. The summed E-state index contributed by atoms with van der Waals surface area (Å²) < 4.78 is 10.3. The molecule has 1 heterocycles. The van der Waals surface area contributed by atoms with Gasteiger partial charge in [0.2, 0.25) is 0 Å². The molecule has 0 aliphatic carbocycles. The number of carbonyl (C=O) groups is 3. The molecule has 3 amide bonds. The fourth-order valence-electron chi connectivity index (χ4n) is 2.67. The Morgan fingerprint density at radius 3 is 2.06 bits per heavy atom. The summed E-state index contributed by atoms with van der Waals surface area (Å²) in [6.07, 6.45) is 3.01. The Morgan fingerprint density at radius 2 is 1.42 bits per heavy atom. The van der Waals surface area contributed by atoms with E-state index >= 15 is 0 Å². The Bertz CT molecular complexity index is 1100. The molecule has 0 saturated carbocycles. The van der Waals surface area contributed by atoms with Crippen molar-refractivity contribution in [2.45, 2.75) is 0 Å². The van der Waals surface area contributed by atoms with Crippen molar-refractivity contribution in [2.24, 2.45) is 0 Å². The average molecular weight is 420 g/mol. The Labute approximate surface area is 178 Å². The zero-order chi connectivity index (χ0) is 22.2. The summed E-state index contributed by atoms with van der Waals surface area (Å²) in [5.41, 5.74) is 6.02. The predicted molar refractivity (Wildman–Crippen MR) is 113 cm³/mol. The summed E-state index contributed by atoms with van der Waals surface area (Å²) in [6, 6.07) is 14.2. The first kappa shape index (κ1) is 21.3. The first-order valence-electron chi connectivity index (χ1n) is 9.16. The molecule has 9 heteroatoms. The lowest BCUT2D eigenvalue weighted by Crippen LogP contribution is -2.41. The van der Waals surface area contributed by atoms with Crippen LogP contribution in [0.1, 0.15) is 31.1 Å². The molecule has 3 aromatic rings. The molecule has 0 bridgehead atoms. The number of aromatic nitrogens is 1. The van der Waals surface area contributed by atoms with Crippen molar-refractivity contribution in [1.29, 1.82) is 0 Å². The number of methoxy groups -OCH3 is 2. The number of benzene rings is 2. The van der Waals surface area contributed by atoms with Gasteiger partial charge in [-0.1, -0.05) is 6.07 Å². The van der Waals surface area contributed by atoms with Gasteiger partial charge < -0.3 is 14.8 Å². The molecule has 0 saturated heterocycles. The van der Waals surface area contributed by atoms with E-state index in [1.807, 2.05) is 0 Å². The molecule has 0 radical (unpaired) electrons. The van der Waals surface area contributed by atoms with Crippen molar-refractivity contribution in [3.63, 3.8) is 0 Å². The van der Waals surface area contributed by atoms with Crippen LogP contribution in [0.25, 0.3) is 0 Å². The Kier molecular flexibility index (Phi) is 6.79. The van der Waals surface area contributed by atoms with Crippen LogP contribution in [-0.4, -0.2) is 36.9 Å².